The van der Waals surface area contributed by atoms with E-state index < -0.39 is 23.1 Å². The van der Waals surface area contributed by atoms with Crippen LogP contribution in [-0.4, -0.2) is 9.97 Å². The molecule has 0 saturated carbocycles. The van der Waals surface area contributed by atoms with Crippen LogP contribution in [0.2, 0.25) is 5.15 Å². The van der Waals surface area contributed by atoms with Crippen molar-refractivity contribution in [3.8, 4) is 11.4 Å². The summed E-state index contributed by atoms with van der Waals surface area (Å²) in [4.78, 5) is 7.85. The third kappa shape index (κ3) is 3.50. The van der Waals surface area contributed by atoms with Gasteiger partial charge in [-0.1, -0.05) is 25.4 Å². The zero-order valence-electron chi connectivity index (χ0n) is 11.2. The maximum absolute atomic E-state index is 13.3. The van der Waals surface area contributed by atoms with Crippen LogP contribution in [0.15, 0.2) is 24.3 Å². The van der Waals surface area contributed by atoms with Gasteiger partial charge in [-0.15, -0.1) is 0 Å². The molecule has 0 radical (unpaired) electrons. The van der Waals surface area contributed by atoms with Crippen LogP contribution in [0.25, 0.3) is 11.4 Å². The zero-order valence-corrected chi connectivity index (χ0v) is 11.9. The van der Waals surface area contributed by atoms with Crippen molar-refractivity contribution in [2.75, 3.05) is 0 Å². The highest BCUT2D eigenvalue weighted by Gasteiger charge is 2.34. The molecule has 2 nitrogen and oxygen atoms in total. The van der Waals surface area contributed by atoms with Crippen LogP contribution in [0.3, 0.4) is 0 Å². The van der Waals surface area contributed by atoms with Crippen molar-refractivity contribution in [3.05, 3.63) is 46.5 Å². The Hall–Kier alpha value is -1.69. The van der Waals surface area contributed by atoms with E-state index in [9.17, 15) is 17.6 Å². The van der Waals surface area contributed by atoms with Crippen molar-refractivity contribution in [2.45, 2.75) is 25.9 Å². The Balaban J connectivity index is 2.69. The number of hydrogen-bond donors (Lipinski definition) is 0. The van der Waals surface area contributed by atoms with Gasteiger partial charge in [0.2, 0.25) is 0 Å². The predicted octanol–water partition coefficient (Wildman–Crippen LogP) is 5.08. The van der Waals surface area contributed by atoms with Crippen LogP contribution in [0.1, 0.15) is 31.0 Å². The summed E-state index contributed by atoms with van der Waals surface area (Å²) in [5, 5.41) is 0.0149. The average Bonchev–Trinajstić information content (AvgIpc) is 2.36. The number of rotatable bonds is 2. The molecule has 0 aliphatic heterocycles. The van der Waals surface area contributed by atoms with E-state index in [0.717, 1.165) is 12.1 Å². The topological polar surface area (TPSA) is 25.8 Å². The zero-order chi connectivity index (χ0) is 15.8. The minimum Gasteiger partial charge on any atom is -0.233 e. The summed E-state index contributed by atoms with van der Waals surface area (Å²) in [7, 11) is 0. The van der Waals surface area contributed by atoms with E-state index in [4.69, 9.17) is 11.6 Å². The third-order valence-corrected chi connectivity index (χ3v) is 3.03. The molecule has 0 fully saturated rings. The summed E-state index contributed by atoms with van der Waals surface area (Å²) in [6, 6.07) is 3.66. The van der Waals surface area contributed by atoms with Crippen molar-refractivity contribution in [1.82, 2.24) is 9.97 Å². The van der Waals surface area contributed by atoms with E-state index in [1.807, 2.05) is 13.8 Å². The van der Waals surface area contributed by atoms with Gasteiger partial charge >= 0.3 is 6.18 Å². The van der Waals surface area contributed by atoms with E-state index in [1.165, 1.54) is 6.07 Å². The first-order valence-corrected chi connectivity index (χ1v) is 6.48. The molecule has 2 aromatic rings. The fraction of sp³-hybridized carbons (Fsp3) is 0.286. The second-order valence-corrected chi connectivity index (χ2v) is 5.17. The van der Waals surface area contributed by atoms with Gasteiger partial charge in [-0.05, 0) is 30.2 Å². The summed E-state index contributed by atoms with van der Waals surface area (Å²) in [6.07, 6.45) is -4.63. The van der Waals surface area contributed by atoms with Gasteiger partial charge in [-0.3, -0.25) is 0 Å². The molecule has 1 aromatic heterocycles. The van der Waals surface area contributed by atoms with Crippen molar-refractivity contribution >= 4 is 11.6 Å². The maximum atomic E-state index is 13.3. The quantitative estimate of drug-likeness (QED) is 0.570. The fourth-order valence-electron chi connectivity index (χ4n) is 1.80. The molecule has 1 heterocycles. The highest BCUT2D eigenvalue weighted by molar-refractivity contribution is 6.29. The Kier molecular flexibility index (Phi) is 4.18. The number of halogens is 5. The van der Waals surface area contributed by atoms with Crippen molar-refractivity contribution in [1.29, 1.82) is 0 Å². The molecule has 0 bridgehead atoms. The molecule has 21 heavy (non-hydrogen) atoms. The molecule has 0 spiro atoms. The van der Waals surface area contributed by atoms with Gasteiger partial charge in [0.05, 0.1) is 5.56 Å². The van der Waals surface area contributed by atoms with E-state index in [2.05, 4.69) is 9.97 Å². The van der Waals surface area contributed by atoms with Gasteiger partial charge < -0.3 is 0 Å². The highest BCUT2D eigenvalue weighted by Crippen LogP contribution is 2.36. The highest BCUT2D eigenvalue weighted by atomic mass is 35.5. The van der Waals surface area contributed by atoms with Crippen LogP contribution in [0.4, 0.5) is 17.6 Å². The smallest absolute Gasteiger partial charge is 0.233 e. The van der Waals surface area contributed by atoms with E-state index in [1.54, 1.807) is 0 Å². The molecule has 0 atom stereocenters. The van der Waals surface area contributed by atoms with Crippen LogP contribution in [0, 0.1) is 5.82 Å². The standard InChI is InChI=1S/C14H11ClF4N2/c1-7(2)11-6-12(15)21-13(20-11)9-5-8(16)3-4-10(9)14(17,18)19/h3-7H,1-2H3. The first-order chi connectivity index (χ1) is 9.68. The number of hydrogen-bond acceptors (Lipinski definition) is 2. The molecule has 2 rings (SSSR count). The number of benzene rings is 1. The maximum Gasteiger partial charge on any atom is 0.417 e. The third-order valence-electron chi connectivity index (χ3n) is 2.83. The first-order valence-electron chi connectivity index (χ1n) is 6.10. The lowest BCUT2D eigenvalue weighted by Gasteiger charge is -2.13. The minimum atomic E-state index is -4.63. The van der Waals surface area contributed by atoms with Gasteiger partial charge in [-0.2, -0.15) is 13.2 Å². The van der Waals surface area contributed by atoms with Crippen molar-refractivity contribution < 1.29 is 17.6 Å². The Morgan fingerprint density at radius 1 is 1.10 bits per heavy atom. The number of aromatic nitrogens is 2. The molecular weight excluding hydrogens is 308 g/mol. The molecule has 1 aromatic carbocycles. The SMILES string of the molecule is CC(C)c1cc(Cl)nc(-c2cc(F)ccc2C(F)(F)F)n1. The second-order valence-electron chi connectivity index (χ2n) is 4.78. The van der Waals surface area contributed by atoms with Gasteiger partial charge in [-0.25, -0.2) is 14.4 Å². The second kappa shape index (κ2) is 5.60. The Morgan fingerprint density at radius 2 is 1.76 bits per heavy atom. The normalized spacial score (nSPS) is 12.0. The summed E-state index contributed by atoms with van der Waals surface area (Å²) in [5.41, 5.74) is -0.935. The fourth-order valence-corrected chi connectivity index (χ4v) is 1.99. The summed E-state index contributed by atoms with van der Waals surface area (Å²) in [5.74, 6) is -1.09. The van der Waals surface area contributed by atoms with Crippen LogP contribution in [-0.2, 0) is 6.18 Å². The van der Waals surface area contributed by atoms with Gasteiger partial charge in [0.15, 0.2) is 5.82 Å². The molecule has 0 aliphatic carbocycles. The van der Waals surface area contributed by atoms with Crippen LogP contribution in [0.5, 0.6) is 0 Å². The predicted molar refractivity (Wildman–Crippen MR) is 71.5 cm³/mol. The Labute approximate surface area is 123 Å². The van der Waals surface area contributed by atoms with Crippen molar-refractivity contribution in [2.24, 2.45) is 0 Å². The Morgan fingerprint density at radius 3 is 2.33 bits per heavy atom. The van der Waals surface area contributed by atoms with Gasteiger partial charge in [0.1, 0.15) is 11.0 Å². The van der Waals surface area contributed by atoms with Gasteiger partial charge in [0, 0.05) is 11.3 Å². The Bertz CT molecular complexity index is 669. The number of nitrogens with zero attached hydrogens (tertiary/aromatic N) is 2. The molecule has 0 aliphatic rings. The lowest BCUT2D eigenvalue weighted by molar-refractivity contribution is -0.137. The van der Waals surface area contributed by atoms with Gasteiger partial charge in [0.25, 0.3) is 0 Å². The van der Waals surface area contributed by atoms with Crippen LogP contribution >= 0.6 is 11.6 Å². The summed E-state index contributed by atoms with van der Waals surface area (Å²) < 4.78 is 52.4. The van der Waals surface area contributed by atoms with E-state index in [-0.39, 0.29) is 16.9 Å². The molecule has 0 N–H and O–H groups in total. The minimum absolute atomic E-state index is 0.0149. The van der Waals surface area contributed by atoms with Crippen LogP contribution < -0.4 is 0 Å². The largest absolute Gasteiger partial charge is 0.417 e. The van der Waals surface area contributed by atoms with Crippen molar-refractivity contribution in [3.63, 3.8) is 0 Å². The molecule has 0 saturated heterocycles. The summed E-state index contributed by atoms with van der Waals surface area (Å²) in [6.45, 7) is 3.64. The molecular formula is C14H11ClF4N2. The molecule has 0 amide bonds. The average molecular weight is 319 g/mol. The first kappa shape index (κ1) is 15.7. The van der Waals surface area contributed by atoms with E-state index in [0.29, 0.717) is 11.8 Å². The summed E-state index contributed by atoms with van der Waals surface area (Å²) >= 11 is 5.82. The molecule has 0 unspecified atom stereocenters. The number of alkyl halides is 3. The molecule has 7 heteroatoms. The lowest BCUT2D eigenvalue weighted by Crippen LogP contribution is -2.09. The lowest BCUT2D eigenvalue weighted by atomic mass is 10.1. The molecule has 112 valence electrons. The monoisotopic (exact) mass is 318 g/mol. The van der Waals surface area contributed by atoms with E-state index >= 15 is 0 Å².